The molecule has 3 rings (SSSR count). The highest BCUT2D eigenvalue weighted by Crippen LogP contribution is 2.30. The summed E-state index contributed by atoms with van der Waals surface area (Å²) in [6, 6.07) is 0. The Labute approximate surface area is 175 Å². The number of guanidine groups is 1. The summed E-state index contributed by atoms with van der Waals surface area (Å²) in [7, 11) is -1.25. The van der Waals surface area contributed by atoms with E-state index < -0.39 is 10.0 Å². The maximum atomic E-state index is 11.6. The zero-order valence-corrected chi connectivity index (χ0v) is 19.0. The van der Waals surface area contributed by atoms with E-state index >= 15 is 0 Å². The van der Waals surface area contributed by atoms with E-state index in [-0.39, 0.29) is 24.0 Å². The molecule has 0 radical (unpaired) electrons. The van der Waals surface area contributed by atoms with Crippen LogP contribution < -0.4 is 5.32 Å². The predicted octanol–water partition coefficient (Wildman–Crippen LogP) is 1.35. The van der Waals surface area contributed by atoms with Gasteiger partial charge in [0.15, 0.2) is 5.96 Å². The van der Waals surface area contributed by atoms with Gasteiger partial charge in [0.2, 0.25) is 10.0 Å². The number of hydrogen-bond donors (Lipinski definition) is 1. The monoisotopic (exact) mass is 500 g/mol. The van der Waals surface area contributed by atoms with Gasteiger partial charge < -0.3 is 15.0 Å². The van der Waals surface area contributed by atoms with Crippen molar-refractivity contribution in [3.05, 3.63) is 0 Å². The van der Waals surface area contributed by atoms with Gasteiger partial charge in [0.1, 0.15) is 0 Å². The van der Waals surface area contributed by atoms with Gasteiger partial charge in [0.25, 0.3) is 0 Å². The molecule has 0 bridgehead atoms. The van der Waals surface area contributed by atoms with Gasteiger partial charge in [-0.1, -0.05) is 0 Å². The van der Waals surface area contributed by atoms with Crippen LogP contribution in [0.25, 0.3) is 0 Å². The molecule has 26 heavy (non-hydrogen) atoms. The van der Waals surface area contributed by atoms with Crippen LogP contribution in [0.2, 0.25) is 0 Å². The Hall–Kier alpha value is -0.130. The number of rotatable bonds is 6. The molecule has 152 valence electrons. The molecule has 9 heteroatoms. The molecule has 2 heterocycles. The molecule has 0 spiro atoms. The lowest BCUT2D eigenvalue weighted by Crippen LogP contribution is -2.48. The van der Waals surface area contributed by atoms with Gasteiger partial charge in [-0.05, 0) is 43.9 Å². The van der Waals surface area contributed by atoms with E-state index in [4.69, 9.17) is 4.74 Å². The van der Waals surface area contributed by atoms with E-state index in [2.05, 4.69) is 15.2 Å². The number of nitrogens with zero attached hydrogens (tertiary/aromatic N) is 3. The lowest BCUT2D eigenvalue weighted by Gasteiger charge is -2.34. The van der Waals surface area contributed by atoms with Gasteiger partial charge >= 0.3 is 0 Å². The molecule has 0 amide bonds. The summed E-state index contributed by atoms with van der Waals surface area (Å²) in [6.07, 6.45) is 7.39. The highest BCUT2D eigenvalue weighted by molar-refractivity contribution is 14.0. The van der Waals surface area contributed by atoms with Crippen LogP contribution in [0.15, 0.2) is 4.99 Å². The van der Waals surface area contributed by atoms with E-state index in [0.29, 0.717) is 25.1 Å². The van der Waals surface area contributed by atoms with Gasteiger partial charge in [-0.2, -0.15) is 0 Å². The normalized spacial score (nSPS) is 26.0. The summed E-state index contributed by atoms with van der Waals surface area (Å²) in [6.45, 7) is 4.89. The van der Waals surface area contributed by atoms with Crippen molar-refractivity contribution in [2.45, 2.75) is 38.2 Å². The van der Waals surface area contributed by atoms with E-state index in [1.807, 2.05) is 7.05 Å². The molecule has 0 aromatic rings. The topological polar surface area (TPSA) is 74.2 Å². The van der Waals surface area contributed by atoms with Crippen molar-refractivity contribution in [3.8, 4) is 0 Å². The number of hydrogen-bond acceptors (Lipinski definition) is 4. The molecule has 1 aliphatic carbocycles. The third-order valence-electron chi connectivity index (χ3n) is 5.48. The van der Waals surface area contributed by atoms with Crippen LogP contribution in [0.3, 0.4) is 0 Å². The van der Waals surface area contributed by atoms with Crippen LogP contribution in [0, 0.1) is 11.8 Å². The summed E-state index contributed by atoms with van der Waals surface area (Å²) in [5.41, 5.74) is 0. The summed E-state index contributed by atoms with van der Waals surface area (Å²) in [5, 5.41) is 3.44. The predicted molar refractivity (Wildman–Crippen MR) is 115 cm³/mol. The summed E-state index contributed by atoms with van der Waals surface area (Å²) in [5.74, 6) is 2.11. The first kappa shape index (κ1) is 22.2. The molecule has 0 aromatic carbocycles. The summed E-state index contributed by atoms with van der Waals surface area (Å²) in [4.78, 5) is 6.70. The molecule has 0 aromatic heterocycles. The van der Waals surface area contributed by atoms with Gasteiger partial charge in [0.05, 0.1) is 12.4 Å². The second-order valence-electron chi connectivity index (χ2n) is 7.67. The van der Waals surface area contributed by atoms with Gasteiger partial charge in [-0.25, -0.2) is 12.7 Å². The Morgan fingerprint density at radius 1 is 1.12 bits per heavy atom. The van der Waals surface area contributed by atoms with Crippen molar-refractivity contribution >= 4 is 40.0 Å². The number of sulfonamides is 1. The molecule has 3 fully saturated rings. The van der Waals surface area contributed by atoms with Crippen molar-refractivity contribution in [1.82, 2.24) is 14.5 Å². The van der Waals surface area contributed by atoms with Gasteiger partial charge in [-0.15, -0.1) is 24.0 Å². The smallest absolute Gasteiger partial charge is 0.211 e. The largest absolute Gasteiger partial charge is 0.378 e. The van der Waals surface area contributed by atoms with E-state index in [9.17, 15) is 8.42 Å². The number of ether oxygens (including phenoxy) is 1. The van der Waals surface area contributed by atoms with Crippen molar-refractivity contribution < 1.29 is 13.2 Å². The first-order valence-electron chi connectivity index (χ1n) is 9.48. The van der Waals surface area contributed by atoms with Crippen LogP contribution in [-0.2, 0) is 14.8 Å². The molecule has 1 N–H and O–H groups in total. The third kappa shape index (κ3) is 6.49. The molecular weight excluding hydrogens is 467 g/mol. The fraction of sp³-hybridized carbons (Fsp3) is 0.941. The van der Waals surface area contributed by atoms with Crippen LogP contribution >= 0.6 is 24.0 Å². The van der Waals surface area contributed by atoms with Gasteiger partial charge in [-0.3, -0.25) is 4.99 Å². The average Bonchev–Trinajstić information content (AvgIpc) is 3.29. The molecule has 7 nitrogen and oxygen atoms in total. The fourth-order valence-electron chi connectivity index (χ4n) is 3.62. The first-order chi connectivity index (χ1) is 12.0. The second kappa shape index (κ2) is 9.88. The van der Waals surface area contributed by atoms with Crippen LogP contribution in [0.1, 0.15) is 32.1 Å². The molecular formula is C17H33IN4O3S. The SMILES string of the molecule is CN=C(NCC1CCN(S(C)(=O)=O)C1)N1CCC(OCC2CC2)CC1.I. The Kier molecular flexibility index (Phi) is 8.42. The van der Waals surface area contributed by atoms with Crippen LogP contribution in [0.5, 0.6) is 0 Å². The van der Waals surface area contributed by atoms with Crippen molar-refractivity contribution in [1.29, 1.82) is 0 Å². The molecule has 3 aliphatic rings. The van der Waals surface area contributed by atoms with Crippen molar-refractivity contribution in [2.24, 2.45) is 16.8 Å². The number of likely N-dealkylation sites (tertiary alicyclic amines) is 1. The first-order valence-corrected chi connectivity index (χ1v) is 11.3. The second-order valence-corrected chi connectivity index (χ2v) is 9.65. The molecule has 2 aliphatic heterocycles. The van der Waals surface area contributed by atoms with E-state index in [1.165, 1.54) is 19.1 Å². The lowest BCUT2D eigenvalue weighted by molar-refractivity contribution is 0.0131. The number of piperidine rings is 1. The van der Waals surface area contributed by atoms with Crippen LogP contribution in [0.4, 0.5) is 0 Å². The zero-order chi connectivity index (χ0) is 17.9. The Bertz CT molecular complexity index is 575. The quantitative estimate of drug-likeness (QED) is 0.339. The summed E-state index contributed by atoms with van der Waals surface area (Å²) >= 11 is 0. The molecule has 1 atom stereocenters. The van der Waals surface area contributed by atoms with Gasteiger partial charge in [0, 0.05) is 46.4 Å². The Morgan fingerprint density at radius 3 is 2.35 bits per heavy atom. The minimum atomic E-state index is -3.06. The standard InChI is InChI=1S/C17H32N4O3S.HI/c1-18-17(19-11-15-5-10-21(12-15)25(2,22)23)20-8-6-16(7-9-20)24-13-14-3-4-14;/h14-16H,3-13H2,1-2H3,(H,18,19);1H. The summed E-state index contributed by atoms with van der Waals surface area (Å²) < 4.78 is 30.8. The fourth-order valence-corrected chi connectivity index (χ4v) is 4.54. The van der Waals surface area contributed by atoms with E-state index in [0.717, 1.165) is 57.4 Å². The molecule has 1 unspecified atom stereocenters. The third-order valence-corrected chi connectivity index (χ3v) is 6.75. The lowest BCUT2D eigenvalue weighted by atomic mass is 10.1. The minimum Gasteiger partial charge on any atom is -0.378 e. The minimum absolute atomic E-state index is 0. The Balaban J connectivity index is 0.00000243. The Morgan fingerprint density at radius 2 is 1.81 bits per heavy atom. The molecule has 1 saturated carbocycles. The number of nitrogens with one attached hydrogen (secondary N) is 1. The number of halogens is 1. The molecule has 2 saturated heterocycles. The zero-order valence-electron chi connectivity index (χ0n) is 15.9. The average molecular weight is 500 g/mol. The van der Waals surface area contributed by atoms with Crippen molar-refractivity contribution in [2.75, 3.05) is 52.6 Å². The highest BCUT2D eigenvalue weighted by atomic mass is 127. The van der Waals surface area contributed by atoms with E-state index in [1.54, 1.807) is 4.31 Å². The maximum absolute atomic E-state index is 11.6. The van der Waals surface area contributed by atoms with Crippen LogP contribution in [-0.4, -0.2) is 82.3 Å². The number of aliphatic imine (C=N–C) groups is 1. The maximum Gasteiger partial charge on any atom is 0.211 e. The highest BCUT2D eigenvalue weighted by Gasteiger charge is 2.29. The van der Waals surface area contributed by atoms with Crippen molar-refractivity contribution in [3.63, 3.8) is 0 Å².